The van der Waals surface area contributed by atoms with Crippen LogP contribution in [0.2, 0.25) is 0 Å². The summed E-state index contributed by atoms with van der Waals surface area (Å²) in [6, 6.07) is 15.1. The molecule has 8 nitrogen and oxygen atoms in total. The van der Waals surface area contributed by atoms with E-state index in [4.69, 9.17) is 0 Å². The van der Waals surface area contributed by atoms with Crippen LogP contribution in [0.5, 0.6) is 0 Å². The van der Waals surface area contributed by atoms with Crippen molar-refractivity contribution in [3.63, 3.8) is 0 Å². The molecule has 1 N–H and O–H groups in total. The van der Waals surface area contributed by atoms with Crippen LogP contribution < -0.4 is 10.9 Å². The Balaban J connectivity index is 1.39. The van der Waals surface area contributed by atoms with E-state index in [-0.39, 0.29) is 29.0 Å². The van der Waals surface area contributed by atoms with Crippen molar-refractivity contribution in [2.75, 3.05) is 30.4 Å². The molecule has 1 aromatic carbocycles. The molecule has 2 aliphatic heterocycles. The molecule has 10 heteroatoms. The number of nitrogens with one attached hydrogen (secondary N) is 1. The molecule has 0 unspecified atom stereocenters. The number of pyridine rings is 1. The Bertz CT molecular complexity index is 1770. The van der Waals surface area contributed by atoms with Crippen LogP contribution in [0.15, 0.2) is 53.6 Å². The minimum absolute atomic E-state index is 0.0144. The maximum Gasteiger partial charge on any atom is 0.255 e. The molecule has 234 valence electrons. The van der Waals surface area contributed by atoms with Crippen molar-refractivity contribution in [1.82, 2.24) is 19.4 Å². The number of nitrogens with zero attached hydrogens (tertiary/aromatic N) is 4. The van der Waals surface area contributed by atoms with E-state index in [1.807, 2.05) is 10.6 Å². The van der Waals surface area contributed by atoms with Gasteiger partial charge in [0.15, 0.2) is 0 Å². The molecule has 1 fully saturated rings. The largest absolute Gasteiger partial charge is 0.362 e. The van der Waals surface area contributed by atoms with Crippen molar-refractivity contribution in [2.45, 2.75) is 83.3 Å². The molecule has 1 saturated heterocycles. The lowest BCUT2D eigenvalue weighted by Crippen LogP contribution is -2.30. The Kier molecular flexibility index (Phi) is 9.49. The van der Waals surface area contributed by atoms with Crippen LogP contribution in [0, 0.1) is 0 Å². The van der Waals surface area contributed by atoms with Gasteiger partial charge in [-0.25, -0.2) is 18.4 Å². The highest BCUT2D eigenvalue weighted by atomic mass is 32.2. The maximum atomic E-state index is 13.9. The van der Waals surface area contributed by atoms with E-state index >= 15 is 0 Å². The third-order valence-corrected chi connectivity index (χ3v) is 12.2. The second kappa shape index (κ2) is 13.5. The standard InChI is InChI=1S/C34H43N5O3S2/c1-24-30-13-14-31(43-30)27-12-8-7-11-26(27)22-38(2)17-9-5-3-4-6-10-18-39-33-29(32(37-24)35-23-36-33)21-28(34(39)40)25-15-19-44(41,42)20-16-25/h7-8,11-14,21,23-25H,3-6,9-10,15-20,22H2,1-2H3,(H,35,36,37)/t24-/m0/s1. The van der Waals surface area contributed by atoms with Gasteiger partial charge >= 0.3 is 0 Å². The Labute approximate surface area is 264 Å². The van der Waals surface area contributed by atoms with Crippen LogP contribution >= 0.6 is 11.3 Å². The summed E-state index contributed by atoms with van der Waals surface area (Å²) in [5, 5.41) is 4.45. The molecular weight excluding hydrogens is 591 g/mol. The highest BCUT2D eigenvalue weighted by Crippen LogP contribution is 2.36. The summed E-state index contributed by atoms with van der Waals surface area (Å²) in [7, 11) is -0.824. The van der Waals surface area contributed by atoms with E-state index in [2.05, 4.69) is 70.6 Å². The van der Waals surface area contributed by atoms with Gasteiger partial charge in [0.25, 0.3) is 5.56 Å². The van der Waals surface area contributed by atoms with Gasteiger partial charge in [-0.05, 0) is 81.4 Å². The fourth-order valence-electron chi connectivity index (χ4n) is 6.65. The molecule has 6 rings (SSSR count). The Hall–Kier alpha value is -3.08. The van der Waals surface area contributed by atoms with Crippen molar-refractivity contribution < 1.29 is 8.42 Å². The number of hydrogen-bond acceptors (Lipinski definition) is 8. The molecular formula is C34H43N5O3S2. The van der Waals surface area contributed by atoms with Gasteiger partial charge in [-0.2, -0.15) is 0 Å². The topological polar surface area (TPSA) is 97.2 Å². The summed E-state index contributed by atoms with van der Waals surface area (Å²) in [4.78, 5) is 28.1. The smallest absolute Gasteiger partial charge is 0.255 e. The van der Waals surface area contributed by atoms with Gasteiger partial charge in [-0.3, -0.25) is 9.36 Å². The lowest BCUT2D eigenvalue weighted by atomic mass is 9.93. The maximum absolute atomic E-state index is 13.9. The van der Waals surface area contributed by atoms with Crippen molar-refractivity contribution in [2.24, 2.45) is 0 Å². The molecule has 0 amide bonds. The first kappa shape index (κ1) is 30.9. The SMILES string of the molecule is C[C@@H]1Nc2ncnc3c2cc(C2CCS(=O)(=O)CC2)c(=O)n3CCCCCCCCN(C)Cc2ccccc2-c2ccc1s2. The van der Waals surface area contributed by atoms with Gasteiger partial charge in [-0.1, -0.05) is 49.9 Å². The van der Waals surface area contributed by atoms with Gasteiger partial charge in [0, 0.05) is 28.4 Å². The third kappa shape index (κ3) is 6.92. The molecule has 0 spiro atoms. The summed E-state index contributed by atoms with van der Waals surface area (Å²) in [5.74, 6) is 0.869. The molecule has 6 bridgehead atoms. The fraction of sp³-hybridized carbons (Fsp3) is 0.500. The zero-order valence-corrected chi connectivity index (χ0v) is 27.4. The van der Waals surface area contributed by atoms with Crippen LogP contribution in [0.1, 0.15) is 86.3 Å². The van der Waals surface area contributed by atoms with Crippen molar-refractivity contribution in [1.29, 1.82) is 0 Å². The molecule has 0 aliphatic carbocycles. The number of rotatable bonds is 1. The summed E-state index contributed by atoms with van der Waals surface area (Å²) in [5.41, 5.74) is 3.92. The zero-order chi connectivity index (χ0) is 30.7. The molecule has 5 heterocycles. The predicted molar refractivity (Wildman–Crippen MR) is 180 cm³/mol. The first-order valence-electron chi connectivity index (χ1n) is 16.0. The molecule has 0 radical (unpaired) electrons. The van der Waals surface area contributed by atoms with E-state index in [1.54, 1.807) is 17.7 Å². The summed E-state index contributed by atoms with van der Waals surface area (Å²) < 4.78 is 26.2. The highest BCUT2D eigenvalue weighted by molar-refractivity contribution is 7.91. The number of aryl methyl sites for hydroxylation is 1. The minimum Gasteiger partial charge on any atom is -0.362 e. The van der Waals surface area contributed by atoms with Crippen LogP contribution in [0.3, 0.4) is 0 Å². The molecule has 1 atom stereocenters. The number of anilines is 1. The average molecular weight is 634 g/mol. The van der Waals surface area contributed by atoms with Crippen molar-refractivity contribution in [3.05, 3.63) is 75.1 Å². The predicted octanol–water partition coefficient (Wildman–Crippen LogP) is 6.77. The summed E-state index contributed by atoms with van der Waals surface area (Å²) >= 11 is 1.79. The number of benzene rings is 1. The fourth-order valence-corrected chi connectivity index (χ4v) is 9.22. The van der Waals surface area contributed by atoms with Crippen molar-refractivity contribution >= 4 is 38.0 Å². The molecule has 44 heavy (non-hydrogen) atoms. The van der Waals surface area contributed by atoms with E-state index in [1.165, 1.54) is 40.1 Å². The van der Waals surface area contributed by atoms with Crippen LogP contribution in [0.4, 0.5) is 5.82 Å². The number of fused-ring (bicyclic) bond motifs is 4. The summed E-state index contributed by atoms with van der Waals surface area (Å²) in [6.45, 7) is 4.73. The quantitative estimate of drug-likeness (QED) is 0.247. The van der Waals surface area contributed by atoms with Gasteiger partial charge in [0.1, 0.15) is 27.6 Å². The van der Waals surface area contributed by atoms with Gasteiger partial charge in [-0.15, -0.1) is 11.3 Å². The second-order valence-electron chi connectivity index (χ2n) is 12.5. The third-order valence-electron chi connectivity index (χ3n) is 9.21. The lowest BCUT2D eigenvalue weighted by Gasteiger charge is -2.24. The zero-order valence-electron chi connectivity index (χ0n) is 25.8. The first-order chi connectivity index (χ1) is 21.3. The van der Waals surface area contributed by atoms with Gasteiger partial charge in [0.05, 0.1) is 22.9 Å². The Morgan fingerprint density at radius 1 is 0.932 bits per heavy atom. The molecule has 2 aliphatic rings. The van der Waals surface area contributed by atoms with Crippen LogP contribution in [-0.2, 0) is 22.9 Å². The number of thiophene rings is 1. The van der Waals surface area contributed by atoms with Gasteiger partial charge < -0.3 is 10.2 Å². The average Bonchev–Trinajstić information content (AvgIpc) is 3.50. The van der Waals surface area contributed by atoms with E-state index in [0.717, 1.165) is 37.7 Å². The van der Waals surface area contributed by atoms with Crippen molar-refractivity contribution in [3.8, 4) is 10.4 Å². The highest BCUT2D eigenvalue weighted by Gasteiger charge is 2.28. The summed E-state index contributed by atoms with van der Waals surface area (Å²) in [6.07, 6.45) is 9.14. The van der Waals surface area contributed by atoms with E-state index in [0.29, 0.717) is 36.4 Å². The number of sulfone groups is 1. The normalized spacial score (nSPS) is 20.9. The lowest BCUT2D eigenvalue weighted by molar-refractivity contribution is 0.316. The number of aromatic nitrogens is 3. The minimum atomic E-state index is -3.04. The van der Waals surface area contributed by atoms with E-state index in [9.17, 15) is 13.2 Å². The second-order valence-corrected chi connectivity index (χ2v) is 15.9. The Morgan fingerprint density at radius 2 is 1.66 bits per heavy atom. The van der Waals surface area contributed by atoms with Crippen LogP contribution in [0.25, 0.3) is 21.5 Å². The first-order valence-corrected chi connectivity index (χ1v) is 18.6. The van der Waals surface area contributed by atoms with E-state index < -0.39 is 9.84 Å². The molecule has 3 aromatic heterocycles. The Morgan fingerprint density at radius 3 is 2.45 bits per heavy atom. The van der Waals surface area contributed by atoms with Gasteiger partial charge in [0.2, 0.25) is 0 Å². The number of hydrogen-bond donors (Lipinski definition) is 1. The molecule has 0 saturated carbocycles. The monoisotopic (exact) mass is 633 g/mol. The molecule has 4 aromatic rings. The van der Waals surface area contributed by atoms with Crippen LogP contribution in [-0.4, -0.2) is 53.0 Å².